The van der Waals surface area contributed by atoms with Crippen LogP contribution in [0.3, 0.4) is 0 Å². The number of amides is 1. The van der Waals surface area contributed by atoms with Crippen LogP contribution >= 0.6 is 11.6 Å². The zero-order valence-corrected chi connectivity index (χ0v) is 15.6. The first-order valence-electron chi connectivity index (χ1n) is 7.92. The quantitative estimate of drug-likeness (QED) is 0.793. The molecular formula is C16H21ClN2O5S. The molecule has 0 spiro atoms. The lowest BCUT2D eigenvalue weighted by atomic mass is 9.97. The minimum Gasteiger partial charge on any atom is -0.452 e. The Hall–Kier alpha value is -1.64. The van der Waals surface area contributed by atoms with Crippen molar-refractivity contribution in [3.63, 3.8) is 0 Å². The fourth-order valence-corrected chi connectivity index (χ4v) is 4.12. The van der Waals surface area contributed by atoms with Crippen LogP contribution in [-0.4, -0.2) is 43.9 Å². The molecule has 1 heterocycles. The molecule has 25 heavy (non-hydrogen) atoms. The number of ether oxygens (including phenoxy) is 1. The van der Waals surface area contributed by atoms with Gasteiger partial charge in [-0.1, -0.05) is 11.6 Å². The maximum atomic E-state index is 12.3. The van der Waals surface area contributed by atoms with Crippen molar-refractivity contribution in [2.75, 3.05) is 6.61 Å². The molecule has 0 unspecified atom stereocenters. The highest BCUT2D eigenvalue weighted by molar-refractivity contribution is 7.89. The largest absolute Gasteiger partial charge is 0.452 e. The molecule has 7 nitrogen and oxygen atoms in total. The van der Waals surface area contributed by atoms with Gasteiger partial charge in [-0.2, -0.15) is 0 Å². The Morgan fingerprint density at radius 1 is 1.28 bits per heavy atom. The average molecular weight is 389 g/mol. The van der Waals surface area contributed by atoms with Gasteiger partial charge in [0.05, 0.1) is 10.6 Å². The minimum absolute atomic E-state index is 0.0408. The predicted molar refractivity (Wildman–Crippen MR) is 92.7 cm³/mol. The van der Waals surface area contributed by atoms with Crippen LogP contribution in [0.2, 0.25) is 5.02 Å². The van der Waals surface area contributed by atoms with Gasteiger partial charge in [-0.15, -0.1) is 0 Å². The van der Waals surface area contributed by atoms with Crippen molar-refractivity contribution in [2.45, 2.75) is 50.1 Å². The van der Waals surface area contributed by atoms with E-state index in [0.29, 0.717) is 0 Å². The summed E-state index contributed by atoms with van der Waals surface area (Å²) >= 11 is 5.77. The van der Waals surface area contributed by atoms with Crippen molar-refractivity contribution in [3.8, 4) is 0 Å². The summed E-state index contributed by atoms with van der Waals surface area (Å²) in [5.74, 6) is -1.08. The number of carbonyl (C=O) groups is 2. The Bertz CT molecular complexity index is 771. The Kier molecular flexibility index (Phi) is 6.08. The van der Waals surface area contributed by atoms with Crippen molar-refractivity contribution >= 4 is 33.5 Å². The van der Waals surface area contributed by atoms with Crippen LogP contribution in [0.4, 0.5) is 0 Å². The zero-order valence-electron chi connectivity index (χ0n) is 14.1. The lowest BCUT2D eigenvalue weighted by molar-refractivity contribution is -0.140. The normalized spacial score (nSPS) is 21.0. The molecule has 2 rings (SSSR count). The molecular weight excluding hydrogens is 368 g/mol. The van der Waals surface area contributed by atoms with Crippen LogP contribution in [0.25, 0.3) is 0 Å². The standard InChI is InChI=1S/C16H21ClN2O5S/c1-10-4-3-5-11(2)19(10)15(20)9-24-16(21)12-6-7-13(17)14(8-12)25(18,22)23/h6-8,10-11H,3-5,9H2,1-2H3,(H2,18,22,23)/t10-,11-/m0/s1. The lowest BCUT2D eigenvalue weighted by Gasteiger charge is -2.38. The second kappa shape index (κ2) is 7.72. The van der Waals surface area contributed by atoms with Crippen LogP contribution in [0, 0.1) is 0 Å². The highest BCUT2D eigenvalue weighted by Crippen LogP contribution is 2.23. The maximum Gasteiger partial charge on any atom is 0.338 e. The van der Waals surface area contributed by atoms with E-state index in [9.17, 15) is 18.0 Å². The van der Waals surface area contributed by atoms with Crippen LogP contribution in [0.1, 0.15) is 43.5 Å². The summed E-state index contributed by atoms with van der Waals surface area (Å²) in [7, 11) is -4.07. The number of hydrogen-bond donors (Lipinski definition) is 1. The third-order valence-electron chi connectivity index (χ3n) is 4.28. The molecule has 0 radical (unpaired) electrons. The Morgan fingerprint density at radius 2 is 1.88 bits per heavy atom. The number of piperidine rings is 1. The van der Waals surface area contributed by atoms with Crippen LogP contribution < -0.4 is 5.14 Å². The number of carbonyl (C=O) groups excluding carboxylic acids is 2. The van der Waals surface area contributed by atoms with Crippen molar-refractivity contribution in [2.24, 2.45) is 5.14 Å². The summed E-state index contributed by atoms with van der Waals surface area (Å²) in [5.41, 5.74) is -0.0408. The summed E-state index contributed by atoms with van der Waals surface area (Å²) in [4.78, 5) is 25.8. The van der Waals surface area contributed by atoms with Gasteiger partial charge in [0.1, 0.15) is 4.90 Å². The number of nitrogens with two attached hydrogens (primary N) is 1. The third kappa shape index (κ3) is 4.71. The SMILES string of the molecule is C[C@H]1CCC[C@H](C)N1C(=O)COC(=O)c1ccc(Cl)c(S(N)(=O)=O)c1. The van der Waals surface area contributed by atoms with Gasteiger partial charge in [0.15, 0.2) is 6.61 Å². The molecule has 0 saturated carbocycles. The zero-order chi connectivity index (χ0) is 18.8. The average Bonchev–Trinajstić information content (AvgIpc) is 2.51. The van der Waals surface area contributed by atoms with Gasteiger partial charge < -0.3 is 9.64 Å². The monoisotopic (exact) mass is 388 g/mol. The summed E-state index contributed by atoms with van der Waals surface area (Å²) < 4.78 is 27.9. The molecule has 9 heteroatoms. The fraction of sp³-hybridized carbons (Fsp3) is 0.500. The molecule has 1 saturated heterocycles. The molecule has 0 aliphatic carbocycles. The second-order valence-corrected chi connectivity index (χ2v) is 8.13. The molecule has 0 bridgehead atoms. The maximum absolute atomic E-state index is 12.3. The molecule has 2 N–H and O–H groups in total. The van der Waals surface area contributed by atoms with Gasteiger partial charge in [-0.3, -0.25) is 4.79 Å². The van der Waals surface area contributed by atoms with E-state index in [1.165, 1.54) is 12.1 Å². The highest BCUT2D eigenvalue weighted by atomic mass is 35.5. The number of nitrogens with zero attached hydrogens (tertiary/aromatic N) is 1. The van der Waals surface area contributed by atoms with E-state index >= 15 is 0 Å². The molecule has 1 aromatic carbocycles. The number of primary sulfonamides is 1. The van der Waals surface area contributed by atoms with Crippen LogP contribution in [0.15, 0.2) is 23.1 Å². The Balaban J connectivity index is 2.06. The molecule has 2 atom stereocenters. The number of benzene rings is 1. The van der Waals surface area contributed by atoms with E-state index in [4.69, 9.17) is 21.5 Å². The second-order valence-electron chi connectivity index (χ2n) is 6.20. The topological polar surface area (TPSA) is 107 Å². The first kappa shape index (κ1) is 19.7. The fourth-order valence-electron chi connectivity index (χ4n) is 3.05. The lowest BCUT2D eigenvalue weighted by Crippen LogP contribution is -2.49. The van der Waals surface area contributed by atoms with Crippen molar-refractivity contribution in [1.82, 2.24) is 4.90 Å². The van der Waals surface area contributed by atoms with Crippen LogP contribution in [-0.2, 0) is 19.6 Å². The number of sulfonamides is 1. The first-order valence-corrected chi connectivity index (χ1v) is 9.84. The van der Waals surface area contributed by atoms with E-state index in [0.717, 1.165) is 25.3 Å². The molecule has 1 aliphatic heterocycles. The summed E-state index contributed by atoms with van der Waals surface area (Å²) in [6.07, 6.45) is 2.89. The van der Waals surface area contributed by atoms with Gasteiger partial charge in [-0.05, 0) is 51.3 Å². The van der Waals surface area contributed by atoms with E-state index in [-0.39, 0.29) is 33.5 Å². The minimum atomic E-state index is -4.07. The van der Waals surface area contributed by atoms with Gasteiger partial charge in [0.25, 0.3) is 5.91 Å². The molecule has 1 fully saturated rings. The van der Waals surface area contributed by atoms with Gasteiger partial charge in [0.2, 0.25) is 10.0 Å². The van der Waals surface area contributed by atoms with E-state index in [2.05, 4.69) is 0 Å². The van der Waals surface area contributed by atoms with E-state index in [1.54, 1.807) is 4.90 Å². The van der Waals surface area contributed by atoms with Crippen molar-refractivity contribution in [1.29, 1.82) is 0 Å². The smallest absolute Gasteiger partial charge is 0.338 e. The highest BCUT2D eigenvalue weighted by Gasteiger charge is 2.29. The van der Waals surface area contributed by atoms with Crippen LogP contribution in [0.5, 0.6) is 0 Å². The summed E-state index contributed by atoms with van der Waals surface area (Å²) in [6, 6.07) is 3.79. The number of halogens is 1. The Labute approximate surface area is 152 Å². The van der Waals surface area contributed by atoms with E-state index < -0.39 is 22.6 Å². The molecule has 1 amide bonds. The molecule has 1 aromatic rings. The molecule has 0 aromatic heterocycles. The Morgan fingerprint density at radius 3 is 2.44 bits per heavy atom. The summed E-state index contributed by atoms with van der Waals surface area (Å²) in [6.45, 7) is 3.53. The third-order valence-corrected chi connectivity index (χ3v) is 5.67. The van der Waals surface area contributed by atoms with Gasteiger partial charge >= 0.3 is 5.97 Å². The van der Waals surface area contributed by atoms with Crippen molar-refractivity contribution in [3.05, 3.63) is 28.8 Å². The summed E-state index contributed by atoms with van der Waals surface area (Å²) in [5, 5.41) is 4.96. The van der Waals surface area contributed by atoms with E-state index in [1.807, 2.05) is 13.8 Å². The van der Waals surface area contributed by atoms with Crippen molar-refractivity contribution < 1.29 is 22.7 Å². The van der Waals surface area contributed by atoms with Gasteiger partial charge in [0, 0.05) is 12.1 Å². The molecule has 138 valence electrons. The van der Waals surface area contributed by atoms with Gasteiger partial charge in [-0.25, -0.2) is 18.4 Å². The first-order chi connectivity index (χ1) is 11.6. The number of likely N-dealkylation sites (tertiary alicyclic amines) is 1. The number of hydrogen-bond acceptors (Lipinski definition) is 5. The number of esters is 1. The predicted octanol–water partition coefficient (Wildman–Crippen LogP) is 1.93. The number of rotatable bonds is 4. The molecule has 1 aliphatic rings.